The fraction of sp³-hybridized carbons (Fsp3) is 0.259. The number of carbonyl (C=O) groups is 1. The number of hydrogen-bond acceptors (Lipinski definition) is 6. The zero-order valence-electron chi connectivity index (χ0n) is 19.6. The van der Waals surface area contributed by atoms with E-state index in [9.17, 15) is 9.59 Å². The van der Waals surface area contributed by atoms with Crippen LogP contribution in [0, 0.1) is 6.92 Å². The fourth-order valence-electron chi connectivity index (χ4n) is 4.27. The Balaban J connectivity index is 1.30. The first-order chi connectivity index (χ1) is 17.1. The van der Waals surface area contributed by atoms with Crippen LogP contribution in [0.25, 0.3) is 16.7 Å². The minimum atomic E-state index is -0.182. The van der Waals surface area contributed by atoms with E-state index in [0.717, 1.165) is 25.2 Å². The van der Waals surface area contributed by atoms with Gasteiger partial charge in [-0.15, -0.1) is 0 Å². The van der Waals surface area contributed by atoms with E-state index in [2.05, 4.69) is 34.1 Å². The van der Waals surface area contributed by atoms with Gasteiger partial charge in [0.2, 0.25) is 5.91 Å². The first-order valence-electron chi connectivity index (χ1n) is 11.7. The zero-order chi connectivity index (χ0) is 24.2. The maximum atomic E-state index is 13.4. The number of nitrogens with zero attached hydrogens (tertiary/aromatic N) is 5. The molecule has 1 aliphatic rings. The highest BCUT2D eigenvalue weighted by molar-refractivity contribution is 7.99. The average Bonchev–Trinajstić information content (AvgIpc) is 2.88. The molecule has 1 fully saturated rings. The Labute approximate surface area is 208 Å². The molecule has 0 bridgehead atoms. The molecule has 5 rings (SSSR count). The van der Waals surface area contributed by atoms with E-state index in [1.54, 1.807) is 12.3 Å². The lowest BCUT2D eigenvalue weighted by Gasteiger charge is -2.34. The molecule has 8 heteroatoms. The average molecular weight is 486 g/mol. The highest BCUT2D eigenvalue weighted by Gasteiger charge is 2.22. The number of aryl methyl sites for hydroxylation is 1. The van der Waals surface area contributed by atoms with Crippen LogP contribution in [0.4, 0.5) is 0 Å². The van der Waals surface area contributed by atoms with E-state index in [1.165, 1.54) is 21.9 Å². The van der Waals surface area contributed by atoms with Crippen LogP contribution in [0.2, 0.25) is 0 Å². The number of carbonyl (C=O) groups excluding carboxylic acids is 1. The van der Waals surface area contributed by atoms with Crippen molar-refractivity contribution in [2.75, 3.05) is 31.9 Å². The van der Waals surface area contributed by atoms with Gasteiger partial charge in [-0.3, -0.25) is 14.5 Å². The van der Waals surface area contributed by atoms with Crippen molar-refractivity contribution in [1.82, 2.24) is 24.3 Å². The molecule has 178 valence electrons. The van der Waals surface area contributed by atoms with E-state index >= 15 is 0 Å². The molecule has 7 nitrogen and oxygen atoms in total. The molecule has 0 unspecified atom stereocenters. The van der Waals surface area contributed by atoms with Gasteiger partial charge in [-0.05, 0) is 42.3 Å². The lowest BCUT2D eigenvalue weighted by atomic mass is 10.2. The van der Waals surface area contributed by atoms with Gasteiger partial charge in [-0.1, -0.05) is 54.2 Å². The molecule has 35 heavy (non-hydrogen) atoms. The van der Waals surface area contributed by atoms with Gasteiger partial charge in [0.25, 0.3) is 5.56 Å². The third-order valence-electron chi connectivity index (χ3n) is 6.17. The van der Waals surface area contributed by atoms with Gasteiger partial charge in [0.1, 0.15) is 5.82 Å². The molecule has 2 aromatic heterocycles. The predicted octanol–water partition coefficient (Wildman–Crippen LogP) is 3.53. The zero-order valence-corrected chi connectivity index (χ0v) is 20.4. The number of pyridine rings is 1. The highest BCUT2D eigenvalue weighted by atomic mass is 32.2. The standard InChI is InChI=1S/C27H27N5O2S/c1-20-11-12-28-24(17-20)32-26(34)22-9-5-6-10-23(22)29-27(32)35-19-25(33)31-15-13-30(14-16-31)18-21-7-3-2-4-8-21/h2-12,17H,13-16,18-19H2,1H3. The topological polar surface area (TPSA) is 71.3 Å². The van der Waals surface area contributed by atoms with Crippen molar-refractivity contribution in [3.05, 3.63) is 94.4 Å². The van der Waals surface area contributed by atoms with Gasteiger partial charge in [-0.25, -0.2) is 14.5 Å². The maximum absolute atomic E-state index is 13.4. The van der Waals surface area contributed by atoms with Crippen molar-refractivity contribution < 1.29 is 4.79 Å². The Morgan fingerprint density at radius 2 is 1.71 bits per heavy atom. The SMILES string of the molecule is Cc1ccnc(-n2c(SCC(=O)N3CCN(Cc4ccccc4)CC3)nc3ccccc3c2=O)c1. The third kappa shape index (κ3) is 5.28. The molecule has 2 aromatic carbocycles. The van der Waals surface area contributed by atoms with Crippen LogP contribution < -0.4 is 5.56 Å². The number of rotatable bonds is 6. The van der Waals surface area contributed by atoms with Crippen LogP contribution in [0.1, 0.15) is 11.1 Å². The van der Waals surface area contributed by atoms with Gasteiger partial charge in [0.05, 0.1) is 16.7 Å². The van der Waals surface area contributed by atoms with Crippen LogP contribution >= 0.6 is 11.8 Å². The summed E-state index contributed by atoms with van der Waals surface area (Å²) in [5, 5.41) is 1.00. The Hall–Kier alpha value is -3.49. The molecule has 1 saturated heterocycles. The molecule has 1 aliphatic heterocycles. The Morgan fingerprint density at radius 3 is 2.49 bits per heavy atom. The molecule has 0 N–H and O–H groups in total. The summed E-state index contributed by atoms with van der Waals surface area (Å²) in [4.78, 5) is 39.8. The Kier molecular flexibility index (Phi) is 6.92. The van der Waals surface area contributed by atoms with E-state index in [1.807, 2.05) is 48.2 Å². The Bertz CT molecular complexity index is 1400. The molecule has 3 heterocycles. The van der Waals surface area contributed by atoms with Crippen LogP contribution in [0.5, 0.6) is 0 Å². The van der Waals surface area contributed by atoms with Crippen molar-refractivity contribution in [3.8, 4) is 5.82 Å². The largest absolute Gasteiger partial charge is 0.339 e. The highest BCUT2D eigenvalue weighted by Crippen LogP contribution is 2.22. The molecule has 4 aromatic rings. The fourth-order valence-corrected chi connectivity index (χ4v) is 5.17. The van der Waals surface area contributed by atoms with E-state index < -0.39 is 0 Å². The van der Waals surface area contributed by atoms with Crippen molar-refractivity contribution in [2.24, 2.45) is 0 Å². The van der Waals surface area contributed by atoms with Crippen LogP contribution in [0.3, 0.4) is 0 Å². The monoisotopic (exact) mass is 485 g/mol. The number of fused-ring (bicyclic) bond motifs is 1. The number of piperazine rings is 1. The van der Waals surface area contributed by atoms with Crippen molar-refractivity contribution in [2.45, 2.75) is 18.6 Å². The number of para-hydroxylation sites is 1. The molecule has 0 radical (unpaired) electrons. The Morgan fingerprint density at radius 1 is 0.971 bits per heavy atom. The van der Waals surface area contributed by atoms with Gasteiger partial charge in [0.15, 0.2) is 5.16 Å². The first-order valence-corrected chi connectivity index (χ1v) is 12.7. The number of benzene rings is 2. The summed E-state index contributed by atoms with van der Waals surface area (Å²) in [6, 6.07) is 21.4. The summed E-state index contributed by atoms with van der Waals surface area (Å²) < 4.78 is 1.52. The van der Waals surface area contributed by atoms with E-state index in [-0.39, 0.29) is 17.2 Å². The van der Waals surface area contributed by atoms with Crippen molar-refractivity contribution in [1.29, 1.82) is 0 Å². The summed E-state index contributed by atoms with van der Waals surface area (Å²) >= 11 is 1.29. The molecule has 1 amide bonds. The smallest absolute Gasteiger partial charge is 0.267 e. The maximum Gasteiger partial charge on any atom is 0.267 e. The first kappa shape index (κ1) is 23.3. The third-order valence-corrected chi connectivity index (χ3v) is 7.10. The number of aromatic nitrogens is 3. The molecule has 0 saturated carbocycles. The lowest BCUT2D eigenvalue weighted by Crippen LogP contribution is -2.48. The summed E-state index contributed by atoms with van der Waals surface area (Å²) in [6.07, 6.45) is 1.68. The number of hydrogen-bond donors (Lipinski definition) is 0. The lowest BCUT2D eigenvalue weighted by molar-refractivity contribution is -0.130. The molecular weight excluding hydrogens is 458 g/mol. The van der Waals surface area contributed by atoms with E-state index in [0.29, 0.717) is 35.0 Å². The summed E-state index contributed by atoms with van der Waals surface area (Å²) in [5.41, 5.74) is 2.72. The normalized spacial score (nSPS) is 14.4. The molecular formula is C27H27N5O2S. The second-order valence-electron chi connectivity index (χ2n) is 8.67. The quantitative estimate of drug-likeness (QED) is 0.307. The van der Waals surface area contributed by atoms with Crippen molar-refractivity contribution in [3.63, 3.8) is 0 Å². The minimum absolute atomic E-state index is 0.0560. The second kappa shape index (κ2) is 10.4. The molecule has 0 atom stereocenters. The van der Waals surface area contributed by atoms with Crippen LogP contribution in [-0.4, -0.2) is 62.2 Å². The van der Waals surface area contributed by atoms with Crippen LogP contribution in [-0.2, 0) is 11.3 Å². The molecule has 0 aliphatic carbocycles. The van der Waals surface area contributed by atoms with E-state index in [4.69, 9.17) is 4.98 Å². The van der Waals surface area contributed by atoms with Gasteiger partial charge < -0.3 is 4.90 Å². The molecule has 0 spiro atoms. The van der Waals surface area contributed by atoms with Gasteiger partial charge >= 0.3 is 0 Å². The second-order valence-corrected chi connectivity index (χ2v) is 9.62. The summed E-state index contributed by atoms with van der Waals surface area (Å²) in [5.74, 6) is 0.785. The number of thioether (sulfide) groups is 1. The van der Waals surface area contributed by atoms with Crippen molar-refractivity contribution >= 4 is 28.6 Å². The summed E-state index contributed by atoms with van der Waals surface area (Å²) in [6.45, 7) is 5.94. The van der Waals surface area contributed by atoms with Gasteiger partial charge in [-0.2, -0.15) is 0 Å². The number of amides is 1. The minimum Gasteiger partial charge on any atom is -0.339 e. The van der Waals surface area contributed by atoms with Crippen LogP contribution in [0.15, 0.2) is 82.9 Å². The summed E-state index contributed by atoms with van der Waals surface area (Å²) in [7, 11) is 0. The van der Waals surface area contributed by atoms with Gasteiger partial charge in [0, 0.05) is 38.9 Å². The predicted molar refractivity (Wildman–Crippen MR) is 139 cm³/mol.